The molecule has 1 amide bonds. The number of alkyl halides is 3. The van der Waals surface area contributed by atoms with Gasteiger partial charge in [0, 0.05) is 12.3 Å². The SMILES string of the molecule is CO/C(C(C)=O)=C(/NC(=O)C(Cl)(Cl)Cl)C(C)(C)C. The van der Waals surface area contributed by atoms with Crippen LogP contribution in [-0.4, -0.2) is 22.6 Å². The van der Waals surface area contributed by atoms with Crippen LogP contribution in [0.25, 0.3) is 0 Å². The molecule has 18 heavy (non-hydrogen) atoms. The summed E-state index contributed by atoms with van der Waals surface area (Å²) in [5.41, 5.74) is -0.281. The van der Waals surface area contributed by atoms with E-state index in [0.29, 0.717) is 0 Å². The molecule has 0 bridgehead atoms. The third kappa shape index (κ3) is 5.04. The van der Waals surface area contributed by atoms with E-state index in [1.165, 1.54) is 14.0 Å². The predicted octanol–water partition coefficient (Wildman–Crippen LogP) is 2.97. The summed E-state index contributed by atoms with van der Waals surface area (Å²) in [7, 11) is 1.34. The van der Waals surface area contributed by atoms with Crippen LogP contribution in [0.15, 0.2) is 11.5 Å². The topological polar surface area (TPSA) is 55.4 Å². The number of rotatable bonds is 3. The van der Waals surface area contributed by atoms with Crippen LogP contribution in [-0.2, 0) is 14.3 Å². The number of ketones is 1. The molecule has 0 aromatic heterocycles. The summed E-state index contributed by atoms with van der Waals surface area (Å²) in [5, 5.41) is 2.43. The van der Waals surface area contributed by atoms with Crippen LogP contribution in [0.1, 0.15) is 27.7 Å². The summed E-state index contributed by atoms with van der Waals surface area (Å²) in [5.74, 6) is -1.13. The zero-order chi connectivity index (χ0) is 14.7. The molecule has 0 aromatic carbocycles. The molecule has 4 nitrogen and oxygen atoms in total. The molecule has 0 spiro atoms. The molecule has 0 saturated heterocycles. The summed E-state index contributed by atoms with van der Waals surface area (Å²) in [4.78, 5) is 23.1. The second kappa shape index (κ2) is 6.13. The van der Waals surface area contributed by atoms with Gasteiger partial charge >= 0.3 is 0 Å². The van der Waals surface area contributed by atoms with E-state index in [4.69, 9.17) is 39.5 Å². The summed E-state index contributed by atoms with van der Waals surface area (Å²) in [6.07, 6.45) is 0. The number of hydrogen-bond donors (Lipinski definition) is 1. The van der Waals surface area contributed by atoms with Crippen LogP contribution in [0.4, 0.5) is 0 Å². The van der Waals surface area contributed by atoms with E-state index in [9.17, 15) is 9.59 Å². The molecule has 1 N–H and O–H groups in total. The van der Waals surface area contributed by atoms with Crippen molar-refractivity contribution < 1.29 is 14.3 Å². The molecule has 0 aromatic rings. The summed E-state index contributed by atoms with van der Waals surface area (Å²) in [6.45, 7) is 6.71. The average Bonchev–Trinajstić information content (AvgIpc) is 2.13. The number of ether oxygens (including phenoxy) is 1. The molecule has 0 fully saturated rings. The molecule has 0 atom stereocenters. The Morgan fingerprint density at radius 3 is 1.78 bits per heavy atom. The van der Waals surface area contributed by atoms with Crippen LogP contribution in [0.3, 0.4) is 0 Å². The highest BCUT2D eigenvalue weighted by Gasteiger charge is 2.35. The lowest BCUT2D eigenvalue weighted by molar-refractivity contribution is -0.120. The van der Waals surface area contributed by atoms with Crippen LogP contribution < -0.4 is 5.32 Å². The van der Waals surface area contributed by atoms with Crippen molar-refractivity contribution in [3.05, 3.63) is 11.5 Å². The molecular formula is C11H16Cl3NO3. The fourth-order valence-electron chi connectivity index (χ4n) is 1.19. The number of hydrogen-bond acceptors (Lipinski definition) is 3. The number of carbonyl (C=O) groups excluding carboxylic acids is 2. The molecule has 0 unspecified atom stereocenters. The Balaban J connectivity index is 5.56. The van der Waals surface area contributed by atoms with Crippen molar-refractivity contribution in [3.8, 4) is 0 Å². The van der Waals surface area contributed by atoms with E-state index in [-0.39, 0.29) is 17.2 Å². The number of carbonyl (C=O) groups is 2. The Morgan fingerprint density at radius 1 is 1.11 bits per heavy atom. The van der Waals surface area contributed by atoms with Gasteiger partial charge in [0.15, 0.2) is 11.5 Å². The second-order valence-electron chi connectivity index (χ2n) is 4.67. The minimum absolute atomic E-state index is 0.0325. The third-order valence-corrected chi connectivity index (χ3v) is 2.51. The van der Waals surface area contributed by atoms with Gasteiger partial charge in [-0.05, 0) is 0 Å². The highest BCUT2D eigenvalue weighted by atomic mass is 35.6. The van der Waals surface area contributed by atoms with Gasteiger partial charge in [0.2, 0.25) is 0 Å². The first-order chi connectivity index (χ1) is 7.91. The monoisotopic (exact) mass is 315 g/mol. The lowest BCUT2D eigenvalue weighted by atomic mass is 9.90. The Kier molecular flexibility index (Phi) is 5.98. The van der Waals surface area contributed by atoms with Crippen LogP contribution in [0.5, 0.6) is 0 Å². The summed E-state index contributed by atoms with van der Waals surface area (Å²) >= 11 is 16.4. The molecule has 0 aliphatic carbocycles. The van der Waals surface area contributed by atoms with Crippen LogP contribution in [0.2, 0.25) is 0 Å². The van der Waals surface area contributed by atoms with Gasteiger partial charge in [-0.1, -0.05) is 55.6 Å². The van der Waals surface area contributed by atoms with Gasteiger partial charge in [-0.2, -0.15) is 0 Å². The molecule has 0 radical (unpaired) electrons. The minimum atomic E-state index is -2.11. The maximum atomic E-state index is 11.7. The molecule has 0 heterocycles. The Hall–Kier alpha value is -0.450. The number of halogens is 3. The van der Waals surface area contributed by atoms with Crippen LogP contribution in [0, 0.1) is 5.41 Å². The Bertz CT molecular complexity index is 378. The van der Waals surface area contributed by atoms with E-state index in [1.54, 1.807) is 20.8 Å². The maximum absolute atomic E-state index is 11.7. The predicted molar refractivity (Wildman–Crippen MR) is 72.6 cm³/mol. The Labute approximate surface area is 122 Å². The van der Waals surface area contributed by atoms with Gasteiger partial charge in [-0.3, -0.25) is 9.59 Å². The van der Waals surface area contributed by atoms with Crippen molar-refractivity contribution in [1.82, 2.24) is 5.32 Å². The van der Waals surface area contributed by atoms with Gasteiger partial charge in [-0.25, -0.2) is 0 Å². The first-order valence-corrected chi connectivity index (χ1v) is 6.22. The molecule has 0 saturated carbocycles. The van der Waals surface area contributed by atoms with Gasteiger partial charge in [0.1, 0.15) is 0 Å². The lowest BCUT2D eigenvalue weighted by Crippen LogP contribution is -2.39. The van der Waals surface area contributed by atoms with E-state index in [2.05, 4.69) is 5.32 Å². The standard InChI is InChI=1S/C11H16Cl3NO3/c1-6(16)7(18-5)8(10(2,3)4)15-9(17)11(12,13)14/h1-5H3,(H,15,17)/b8-7+. The van der Waals surface area contributed by atoms with Gasteiger partial charge < -0.3 is 10.1 Å². The lowest BCUT2D eigenvalue weighted by Gasteiger charge is -2.26. The molecule has 104 valence electrons. The van der Waals surface area contributed by atoms with Crippen LogP contribution >= 0.6 is 34.8 Å². The fourth-order valence-corrected chi connectivity index (χ4v) is 1.33. The molecule has 7 heteroatoms. The van der Waals surface area contributed by atoms with Crippen molar-refractivity contribution in [2.24, 2.45) is 5.41 Å². The largest absolute Gasteiger partial charge is 0.491 e. The molecule has 0 aliphatic rings. The average molecular weight is 317 g/mol. The fraction of sp³-hybridized carbons (Fsp3) is 0.636. The van der Waals surface area contributed by atoms with Gasteiger partial charge in [0.25, 0.3) is 9.70 Å². The smallest absolute Gasteiger partial charge is 0.276 e. The summed E-state index contributed by atoms with van der Waals surface area (Å²) in [6, 6.07) is 0. The number of Topliss-reactive ketones (excluding diaryl/α,β-unsaturated/α-hetero) is 1. The van der Waals surface area contributed by atoms with Gasteiger partial charge in [0.05, 0.1) is 12.8 Å². The van der Waals surface area contributed by atoms with E-state index >= 15 is 0 Å². The van der Waals surface area contributed by atoms with Gasteiger partial charge in [-0.15, -0.1) is 0 Å². The number of methoxy groups -OCH3 is 1. The maximum Gasteiger partial charge on any atom is 0.276 e. The number of amides is 1. The minimum Gasteiger partial charge on any atom is -0.491 e. The van der Waals surface area contributed by atoms with E-state index < -0.39 is 15.1 Å². The summed E-state index contributed by atoms with van der Waals surface area (Å²) < 4.78 is 2.90. The van der Waals surface area contributed by atoms with Crippen molar-refractivity contribution in [2.45, 2.75) is 31.5 Å². The Morgan fingerprint density at radius 2 is 1.56 bits per heavy atom. The molecule has 0 aliphatic heterocycles. The van der Waals surface area contributed by atoms with E-state index in [0.717, 1.165) is 0 Å². The number of allylic oxidation sites excluding steroid dienone is 2. The first kappa shape index (κ1) is 17.6. The quantitative estimate of drug-likeness (QED) is 0.495. The van der Waals surface area contributed by atoms with Crippen molar-refractivity contribution in [1.29, 1.82) is 0 Å². The zero-order valence-electron chi connectivity index (χ0n) is 10.9. The first-order valence-electron chi connectivity index (χ1n) is 5.09. The van der Waals surface area contributed by atoms with Crippen molar-refractivity contribution in [2.75, 3.05) is 7.11 Å². The normalized spacial score (nSPS) is 13.8. The highest BCUT2D eigenvalue weighted by molar-refractivity contribution is 6.76. The molecule has 0 rings (SSSR count). The number of nitrogens with one attached hydrogen (secondary N) is 1. The van der Waals surface area contributed by atoms with Crippen molar-refractivity contribution >= 4 is 46.5 Å². The van der Waals surface area contributed by atoms with E-state index in [1.807, 2.05) is 0 Å². The molecular weight excluding hydrogens is 300 g/mol. The zero-order valence-corrected chi connectivity index (χ0v) is 13.1. The third-order valence-electron chi connectivity index (χ3n) is 2.00. The highest BCUT2D eigenvalue weighted by Crippen LogP contribution is 2.31. The van der Waals surface area contributed by atoms with Crippen molar-refractivity contribution in [3.63, 3.8) is 0 Å². The second-order valence-corrected chi connectivity index (χ2v) is 6.95.